The molecule has 1 saturated carbocycles. The highest BCUT2D eigenvalue weighted by molar-refractivity contribution is 6.02. The van der Waals surface area contributed by atoms with Crippen molar-refractivity contribution in [2.24, 2.45) is 17.4 Å². The van der Waals surface area contributed by atoms with Gasteiger partial charge in [-0.15, -0.1) is 0 Å². The predicted octanol–water partition coefficient (Wildman–Crippen LogP) is 2.77. The molecule has 26 heavy (non-hydrogen) atoms. The fourth-order valence-corrected chi connectivity index (χ4v) is 3.33. The first-order chi connectivity index (χ1) is 12.6. The van der Waals surface area contributed by atoms with Crippen molar-refractivity contribution < 1.29 is 4.79 Å². The van der Waals surface area contributed by atoms with Crippen LogP contribution in [0, 0.1) is 5.92 Å². The van der Waals surface area contributed by atoms with Gasteiger partial charge in [0.25, 0.3) is 5.91 Å². The molecule has 6 heteroatoms. The number of carbonyl (C=O) groups is 1. The van der Waals surface area contributed by atoms with Crippen LogP contribution in [0.2, 0.25) is 0 Å². The molecule has 5 N–H and O–H groups in total. The summed E-state index contributed by atoms with van der Waals surface area (Å²) in [7, 11) is 0. The zero-order valence-corrected chi connectivity index (χ0v) is 14.8. The van der Waals surface area contributed by atoms with E-state index < -0.39 is 5.91 Å². The number of hydrogen-bond donors (Lipinski definition) is 3. The van der Waals surface area contributed by atoms with Crippen LogP contribution in [0.5, 0.6) is 0 Å². The first-order valence-electron chi connectivity index (χ1n) is 8.94. The number of fused-ring (bicyclic) bond motifs is 1. The van der Waals surface area contributed by atoms with Gasteiger partial charge in [0.1, 0.15) is 0 Å². The maximum atomic E-state index is 11.9. The van der Waals surface area contributed by atoms with Crippen molar-refractivity contribution in [1.29, 1.82) is 0 Å². The third-order valence-corrected chi connectivity index (χ3v) is 5.13. The van der Waals surface area contributed by atoms with E-state index >= 15 is 0 Å². The molecule has 1 aliphatic carbocycles. The van der Waals surface area contributed by atoms with Crippen molar-refractivity contribution in [3.8, 4) is 11.1 Å². The molecule has 1 aliphatic rings. The first kappa shape index (κ1) is 16.6. The minimum atomic E-state index is -0.472. The lowest BCUT2D eigenvalue weighted by Gasteiger charge is -2.17. The molecule has 2 heterocycles. The number of nitrogens with two attached hydrogens (primary N) is 2. The van der Waals surface area contributed by atoms with E-state index in [0.29, 0.717) is 24.1 Å². The van der Waals surface area contributed by atoms with Gasteiger partial charge in [0, 0.05) is 24.3 Å². The Morgan fingerprint density at radius 2 is 2.04 bits per heavy atom. The summed E-state index contributed by atoms with van der Waals surface area (Å²) in [6.45, 7) is 2.67. The molecule has 0 spiro atoms. The van der Waals surface area contributed by atoms with Gasteiger partial charge in [0.2, 0.25) is 0 Å². The third-order valence-electron chi connectivity index (χ3n) is 5.13. The summed E-state index contributed by atoms with van der Waals surface area (Å²) in [5, 5.41) is 7.87. The molecule has 3 aromatic rings. The number of anilines is 1. The Labute approximate surface area is 152 Å². The lowest BCUT2D eigenvalue weighted by atomic mass is 10.1. The van der Waals surface area contributed by atoms with Crippen molar-refractivity contribution in [2.45, 2.75) is 32.4 Å². The summed E-state index contributed by atoms with van der Waals surface area (Å²) in [5.74, 6) is 0.183. The quantitative estimate of drug-likeness (QED) is 0.637. The van der Waals surface area contributed by atoms with Crippen molar-refractivity contribution in [2.75, 3.05) is 5.32 Å². The largest absolute Gasteiger partial charge is 0.380 e. The Morgan fingerprint density at radius 1 is 1.31 bits per heavy atom. The molecule has 1 amide bonds. The van der Waals surface area contributed by atoms with Crippen molar-refractivity contribution >= 4 is 17.1 Å². The summed E-state index contributed by atoms with van der Waals surface area (Å²) >= 11 is 0. The second-order valence-electron chi connectivity index (χ2n) is 7.03. The highest BCUT2D eigenvalue weighted by Crippen LogP contribution is 2.36. The summed E-state index contributed by atoms with van der Waals surface area (Å²) in [6, 6.07) is 10.5. The molecule has 4 rings (SSSR count). The molecule has 0 aliphatic heterocycles. The zero-order chi connectivity index (χ0) is 18.3. The van der Waals surface area contributed by atoms with Gasteiger partial charge >= 0.3 is 0 Å². The van der Waals surface area contributed by atoms with Crippen LogP contribution in [0.1, 0.15) is 35.7 Å². The van der Waals surface area contributed by atoms with Crippen LogP contribution >= 0.6 is 0 Å². The van der Waals surface area contributed by atoms with Gasteiger partial charge in [-0.2, -0.15) is 5.10 Å². The molecule has 0 unspecified atom stereocenters. The second-order valence-corrected chi connectivity index (χ2v) is 7.03. The first-order valence-corrected chi connectivity index (χ1v) is 8.94. The zero-order valence-electron chi connectivity index (χ0n) is 14.8. The van der Waals surface area contributed by atoms with Crippen LogP contribution in [-0.4, -0.2) is 21.6 Å². The molecule has 6 nitrogen and oxygen atoms in total. The lowest BCUT2D eigenvalue weighted by molar-refractivity contribution is 0.100. The monoisotopic (exact) mass is 349 g/mol. The molecule has 1 atom stereocenters. The average molecular weight is 349 g/mol. The molecular weight excluding hydrogens is 326 g/mol. The van der Waals surface area contributed by atoms with Crippen LogP contribution in [0.15, 0.2) is 42.7 Å². The molecule has 0 saturated heterocycles. The molecule has 134 valence electrons. The van der Waals surface area contributed by atoms with Gasteiger partial charge in [0.05, 0.1) is 23.0 Å². The van der Waals surface area contributed by atoms with Crippen LogP contribution in [0.3, 0.4) is 0 Å². The number of carbonyl (C=O) groups excluding carboxylic acids is 1. The minimum Gasteiger partial charge on any atom is -0.380 e. The van der Waals surface area contributed by atoms with Gasteiger partial charge in [-0.25, -0.2) is 4.52 Å². The fraction of sp³-hybridized carbons (Fsp3) is 0.300. The number of benzene rings is 1. The Balaban J connectivity index is 1.79. The minimum absolute atomic E-state index is 0.293. The van der Waals surface area contributed by atoms with Crippen LogP contribution in [-0.2, 0) is 6.54 Å². The molecule has 1 aromatic carbocycles. The van der Waals surface area contributed by atoms with E-state index in [1.807, 2.05) is 36.5 Å². The number of nitrogens with zero attached hydrogens (tertiary/aromatic N) is 2. The van der Waals surface area contributed by atoms with Crippen molar-refractivity contribution in [1.82, 2.24) is 9.61 Å². The summed E-state index contributed by atoms with van der Waals surface area (Å²) in [6.07, 6.45) is 5.95. The maximum Gasteiger partial charge on any atom is 0.252 e. The van der Waals surface area contributed by atoms with E-state index in [4.69, 9.17) is 11.5 Å². The Hall–Kier alpha value is -2.86. The van der Waals surface area contributed by atoms with Crippen LogP contribution in [0.25, 0.3) is 16.6 Å². The standard InChI is InChI=1S/C20H23N5O/c1-12(14-6-7-14)24-19-17(20(22)26)10-23-25-11-16(8-18(19)25)15-4-2-13(9-21)3-5-15/h2-5,8,10-12,14,24H,6-7,9,21H2,1H3,(H2,22,26)/t12-/m1/s1. The van der Waals surface area contributed by atoms with Gasteiger partial charge in [0.15, 0.2) is 0 Å². The fourth-order valence-electron chi connectivity index (χ4n) is 3.33. The average Bonchev–Trinajstić information content (AvgIpc) is 3.40. The third kappa shape index (κ3) is 3.04. The van der Waals surface area contributed by atoms with E-state index in [1.165, 1.54) is 12.8 Å². The summed E-state index contributed by atoms with van der Waals surface area (Å²) < 4.78 is 1.79. The molecule has 2 aromatic heterocycles. The highest BCUT2D eigenvalue weighted by Gasteiger charge is 2.29. The SMILES string of the molecule is C[C@@H](Nc1c(C(N)=O)cnn2cc(-c3ccc(CN)cc3)cc12)C1CC1. The topological polar surface area (TPSA) is 98.4 Å². The van der Waals surface area contributed by atoms with E-state index in [-0.39, 0.29) is 0 Å². The lowest BCUT2D eigenvalue weighted by Crippen LogP contribution is -2.22. The number of aromatic nitrogens is 2. The molecule has 0 bridgehead atoms. The number of amides is 1. The van der Waals surface area contributed by atoms with Gasteiger partial charge < -0.3 is 16.8 Å². The Kier molecular flexibility index (Phi) is 4.12. The second kappa shape index (κ2) is 6.46. The van der Waals surface area contributed by atoms with Crippen LogP contribution < -0.4 is 16.8 Å². The highest BCUT2D eigenvalue weighted by atomic mass is 16.1. The number of hydrogen-bond acceptors (Lipinski definition) is 4. The molecule has 0 radical (unpaired) electrons. The number of rotatable bonds is 6. The van der Waals surface area contributed by atoms with Crippen LogP contribution in [0.4, 0.5) is 5.69 Å². The van der Waals surface area contributed by atoms with Gasteiger partial charge in [-0.05, 0) is 42.9 Å². The molecule has 1 fully saturated rings. The maximum absolute atomic E-state index is 11.9. The van der Waals surface area contributed by atoms with Crippen molar-refractivity contribution in [3.05, 3.63) is 53.9 Å². The van der Waals surface area contributed by atoms with E-state index in [9.17, 15) is 4.79 Å². The van der Waals surface area contributed by atoms with E-state index in [1.54, 1.807) is 10.7 Å². The summed E-state index contributed by atoms with van der Waals surface area (Å²) in [5.41, 5.74) is 16.5. The number of primary amides is 1. The predicted molar refractivity (Wildman–Crippen MR) is 103 cm³/mol. The molecular formula is C20H23N5O. The van der Waals surface area contributed by atoms with Crippen molar-refractivity contribution in [3.63, 3.8) is 0 Å². The summed E-state index contributed by atoms with van der Waals surface area (Å²) in [4.78, 5) is 11.9. The normalized spacial score (nSPS) is 15.2. The Morgan fingerprint density at radius 3 is 2.65 bits per heavy atom. The number of nitrogens with one attached hydrogen (secondary N) is 1. The van der Waals surface area contributed by atoms with Gasteiger partial charge in [-0.3, -0.25) is 4.79 Å². The van der Waals surface area contributed by atoms with E-state index in [0.717, 1.165) is 27.9 Å². The van der Waals surface area contributed by atoms with E-state index in [2.05, 4.69) is 17.3 Å². The smallest absolute Gasteiger partial charge is 0.252 e. The Bertz CT molecular complexity index is 956. The van der Waals surface area contributed by atoms with Gasteiger partial charge in [-0.1, -0.05) is 24.3 Å².